The van der Waals surface area contributed by atoms with Crippen LogP contribution in [0.5, 0.6) is 0 Å². The van der Waals surface area contributed by atoms with Gasteiger partial charge in [0.15, 0.2) is 0 Å². The van der Waals surface area contributed by atoms with Gasteiger partial charge < -0.3 is 20.3 Å². The molecule has 17 heavy (non-hydrogen) atoms. The molecule has 0 aliphatic rings. The first-order valence-corrected chi connectivity index (χ1v) is 6.16. The summed E-state index contributed by atoms with van der Waals surface area (Å²) >= 11 is 0. The largest absolute Gasteiger partial charge is 1.00 e. The van der Waals surface area contributed by atoms with E-state index < -0.39 is 46.4 Å². The van der Waals surface area contributed by atoms with E-state index in [0.717, 1.165) is 0 Å². The van der Waals surface area contributed by atoms with Crippen LogP contribution in [0.15, 0.2) is 4.99 Å². The molecule has 0 aromatic carbocycles. The van der Waals surface area contributed by atoms with Gasteiger partial charge in [0.2, 0.25) is 0 Å². The van der Waals surface area contributed by atoms with Crippen molar-refractivity contribution in [1.29, 1.82) is 0 Å². The molecule has 1 unspecified atom stereocenters. The molecule has 0 aromatic heterocycles. The molecule has 0 rings (SSSR count). The van der Waals surface area contributed by atoms with Crippen LogP contribution in [0.4, 0.5) is 0 Å². The normalized spacial score (nSPS) is 15.2. The predicted octanol–water partition coefficient (Wildman–Crippen LogP) is -4.98. The maximum Gasteiger partial charge on any atom is 1.00 e. The number of aliphatic imine (C=N–C) groups is 1. The summed E-state index contributed by atoms with van der Waals surface area (Å²) in [5.74, 6) is -1.59. The molecule has 0 radical (unpaired) electrons. The molecule has 0 aromatic rings. The first-order chi connectivity index (χ1) is 7.10. The molecule has 0 saturated carbocycles. The van der Waals surface area contributed by atoms with Gasteiger partial charge in [0.25, 0.3) is 10.1 Å². The van der Waals surface area contributed by atoms with Crippen LogP contribution in [0.25, 0.3) is 0 Å². The molecule has 1 atom stereocenters. The minimum Gasteiger partial charge on any atom is -0.860 e. The fourth-order valence-corrected chi connectivity index (χ4v) is 1.10. The van der Waals surface area contributed by atoms with E-state index in [0.29, 0.717) is 0 Å². The SMILES string of the molecule is CC(C)(CO)C(O)C([O-])=NCCS(=O)(=O)O.[Na+]. The smallest absolute Gasteiger partial charge is 0.860 e. The average molecular weight is 277 g/mol. The van der Waals surface area contributed by atoms with Gasteiger partial charge in [-0.05, 0) is 5.90 Å². The second-order valence-corrected chi connectivity index (χ2v) is 5.63. The van der Waals surface area contributed by atoms with Crippen LogP contribution in [0.1, 0.15) is 13.8 Å². The van der Waals surface area contributed by atoms with Gasteiger partial charge in [-0.15, -0.1) is 0 Å². The third kappa shape index (κ3) is 8.09. The fourth-order valence-electron chi connectivity index (χ4n) is 0.778. The molecule has 7 nitrogen and oxygen atoms in total. The zero-order valence-corrected chi connectivity index (χ0v) is 12.9. The van der Waals surface area contributed by atoms with Gasteiger partial charge in [0, 0.05) is 5.41 Å². The Balaban J connectivity index is 0. The summed E-state index contributed by atoms with van der Waals surface area (Å²) in [4.78, 5) is 3.28. The van der Waals surface area contributed by atoms with Gasteiger partial charge in [0.1, 0.15) is 0 Å². The van der Waals surface area contributed by atoms with Crippen LogP contribution in [0, 0.1) is 5.41 Å². The standard InChI is InChI=1S/C8H17NO6S.Na/c1-8(2,5-10)6(11)7(12)9-3-4-16(13,14)15;/h6,10-11H,3-5H2,1-2H3,(H,9,12)(H,13,14,15);/q;+1/p-1. The maximum absolute atomic E-state index is 11.2. The van der Waals surface area contributed by atoms with Crippen molar-refractivity contribution < 1.29 is 57.8 Å². The van der Waals surface area contributed by atoms with Crippen molar-refractivity contribution in [1.82, 2.24) is 0 Å². The zero-order chi connectivity index (χ0) is 13.0. The molecule has 0 bridgehead atoms. The van der Waals surface area contributed by atoms with Crippen molar-refractivity contribution in [3.63, 3.8) is 0 Å². The second kappa shape index (κ2) is 7.67. The number of aliphatic hydroxyl groups is 2. The van der Waals surface area contributed by atoms with E-state index in [1.54, 1.807) is 0 Å². The molecule has 0 spiro atoms. The van der Waals surface area contributed by atoms with E-state index in [1.807, 2.05) is 0 Å². The summed E-state index contributed by atoms with van der Waals surface area (Å²) in [7, 11) is -4.16. The molecule has 0 aliphatic carbocycles. The molecule has 3 N–H and O–H groups in total. The number of hydrogen-bond acceptors (Lipinski definition) is 6. The third-order valence-corrected chi connectivity index (χ3v) is 2.70. The van der Waals surface area contributed by atoms with E-state index >= 15 is 0 Å². The second-order valence-electron chi connectivity index (χ2n) is 4.06. The van der Waals surface area contributed by atoms with E-state index in [1.165, 1.54) is 13.8 Å². The molecular weight excluding hydrogens is 261 g/mol. The Hall–Kier alpha value is 0.300. The summed E-state index contributed by atoms with van der Waals surface area (Å²) in [5.41, 5.74) is -1.04. The van der Waals surface area contributed by atoms with Crippen LogP contribution >= 0.6 is 0 Å². The van der Waals surface area contributed by atoms with Crippen LogP contribution in [-0.4, -0.2) is 54.1 Å². The first-order valence-electron chi connectivity index (χ1n) is 4.55. The van der Waals surface area contributed by atoms with Crippen LogP contribution in [0.3, 0.4) is 0 Å². The van der Waals surface area contributed by atoms with Crippen LogP contribution < -0.4 is 34.7 Å². The quantitative estimate of drug-likeness (QED) is 0.193. The Labute approximate surface area is 123 Å². The van der Waals surface area contributed by atoms with Crippen molar-refractivity contribution in [2.75, 3.05) is 18.9 Å². The average Bonchev–Trinajstić information content (AvgIpc) is 2.14. The van der Waals surface area contributed by atoms with E-state index in [9.17, 15) is 18.6 Å². The van der Waals surface area contributed by atoms with Crippen LogP contribution in [-0.2, 0) is 10.1 Å². The Kier molecular flexibility index (Phi) is 8.86. The Morgan fingerprint density at radius 1 is 1.47 bits per heavy atom. The summed E-state index contributed by atoms with van der Waals surface area (Å²) in [6.07, 6.45) is -1.50. The molecule has 0 aliphatic heterocycles. The van der Waals surface area contributed by atoms with Gasteiger partial charge in [-0.1, -0.05) is 13.8 Å². The summed E-state index contributed by atoms with van der Waals surface area (Å²) in [6.45, 7) is 2.10. The first kappa shape index (κ1) is 19.6. The van der Waals surface area contributed by atoms with Crippen molar-refractivity contribution in [2.24, 2.45) is 10.4 Å². The third-order valence-electron chi connectivity index (χ3n) is 2.00. The Bertz CT molecular complexity index is 353. The van der Waals surface area contributed by atoms with Gasteiger partial charge in [0.05, 0.1) is 25.0 Å². The zero-order valence-electron chi connectivity index (χ0n) is 10.1. The van der Waals surface area contributed by atoms with E-state index in [2.05, 4.69) is 4.99 Å². The van der Waals surface area contributed by atoms with Crippen molar-refractivity contribution in [3.8, 4) is 0 Å². The molecular formula is C8H16NNaO6S. The number of rotatable bonds is 6. The molecule has 96 valence electrons. The molecule has 0 saturated heterocycles. The van der Waals surface area contributed by atoms with E-state index in [4.69, 9.17) is 9.66 Å². The number of aliphatic hydroxyl groups excluding tert-OH is 2. The van der Waals surface area contributed by atoms with Crippen LogP contribution in [0.2, 0.25) is 0 Å². The maximum atomic E-state index is 11.2. The Morgan fingerprint density at radius 2 is 1.94 bits per heavy atom. The number of hydrogen-bond donors (Lipinski definition) is 3. The molecule has 0 amide bonds. The predicted molar refractivity (Wildman–Crippen MR) is 55.6 cm³/mol. The summed E-state index contributed by atoms with van der Waals surface area (Å²) in [6, 6.07) is 0. The summed E-state index contributed by atoms with van der Waals surface area (Å²) < 4.78 is 29.0. The Morgan fingerprint density at radius 3 is 2.29 bits per heavy atom. The van der Waals surface area contributed by atoms with Crippen molar-refractivity contribution >= 4 is 16.0 Å². The van der Waals surface area contributed by atoms with Gasteiger partial charge in [-0.2, -0.15) is 8.42 Å². The van der Waals surface area contributed by atoms with E-state index in [-0.39, 0.29) is 29.6 Å². The van der Waals surface area contributed by atoms with Gasteiger partial charge >= 0.3 is 29.6 Å². The minimum absolute atomic E-state index is 0. The molecule has 0 fully saturated rings. The number of nitrogens with zero attached hydrogens (tertiary/aromatic N) is 1. The van der Waals surface area contributed by atoms with Crippen molar-refractivity contribution in [3.05, 3.63) is 0 Å². The monoisotopic (exact) mass is 277 g/mol. The van der Waals surface area contributed by atoms with Gasteiger partial charge in [-0.3, -0.25) is 4.55 Å². The minimum atomic E-state index is -4.16. The molecule has 0 heterocycles. The fraction of sp³-hybridized carbons (Fsp3) is 0.875. The summed E-state index contributed by atoms with van der Waals surface area (Å²) in [5, 5.41) is 29.6. The topological polar surface area (TPSA) is 130 Å². The van der Waals surface area contributed by atoms with Gasteiger partial charge in [-0.25, -0.2) is 0 Å². The van der Waals surface area contributed by atoms with Crippen molar-refractivity contribution in [2.45, 2.75) is 20.0 Å². The molecule has 9 heteroatoms.